The van der Waals surface area contributed by atoms with E-state index in [-0.39, 0.29) is 34.0 Å². The summed E-state index contributed by atoms with van der Waals surface area (Å²) in [5, 5.41) is 8.20. The molecule has 0 saturated carbocycles. The van der Waals surface area contributed by atoms with E-state index in [9.17, 15) is 4.79 Å². The topological polar surface area (TPSA) is 92.7 Å². The first-order valence-electron chi connectivity index (χ1n) is 4.36. The highest BCUT2D eigenvalue weighted by molar-refractivity contribution is 5.67. The summed E-state index contributed by atoms with van der Waals surface area (Å²) in [4.78, 5) is 10.0. The van der Waals surface area contributed by atoms with E-state index in [4.69, 9.17) is 24.1 Å². The summed E-state index contributed by atoms with van der Waals surface area (Å²) in [6, 6.07) is 0. The number of methoxy groups -OCH3 is 1. The maximum Gasteiger partial charge on any atom is 0.329 e. The van der Waals surface area contributed by atoms with E-state index in [2.05, 4.69) is 9.47 Å². The number of carbonyl (C=O) groups is 1. The van der Waals surface area contributed by atoms with Gasteiger partial charge in [-0.3, -0.25) is 0 Å². The summed E-state index contributed by atoms with van der Waals surface area (Å²) in [7, 11) is 1.50. The molecule has 0 fully saturated rings. The van der Waals surface area contributed by atoms with E-state index in [0.29, 0.717) is 0 Å². The Bertz CT molecular complexity index is 162. The zero-order chi connectivity index (χ0) is 12.1. The van der Waals surface area contributed by atoms with Crippen molar-refractivity contribution in [2.45, 2.75) is 0 Å². The Labute approximate surface area is 92.9 Å². The zero-order valence-corrected chi connectivity index (χ0v) is 9.05. The van der Waals surface area contributed by atoms with Gasteiger partial charge in [0.15, 0.2) is 20.4 Å². The maximum atomic E-state index is 10.0. The van der Waals surface area contributed by atoms with E-state index in [1.807, 2.05) is 0 Å². The van der Waals surface area contributed by atoms with Gasteiger partial charge < -0.3 is 33.5 Å². The number of ether oxygens (including phenoxy) is 6. The second kappa shape index (κ2) is 12.3. The normalized spacial score (nSPS) is 10.6. The molecule has 0 aliphatic heterocycles. The molecule has 0 saturated heterocycles. The highest BCUT2D eigenvalue weighted by Crippen LogP contribution is 1.84. The summed E-state index contributed by atoms with van der Waals surface area (Å²) in [6.45, 7) is -0.386. The van der Waals surface area contributed by atoms with Crippen LogP contribution in [0.25, 0.3) is 0 Å². The Morgan fingerprint density at radius 3 is 1.75 bits per heavy atom. The van der Waals surface area contributed by atoms with Crippen LogP contribution in [0.2, 0.25) is 0 Å². The average molecular weight is 240 g/mol. The van der Waals surface area contributed by atoms with Crippen LogP contribution in [0.15, 0.2) is 0 Å². The van der Waals surface area contributed by atoms with Crippen molar-refractivity contribution in [3.05, 3.63) is 0 Å². The molecule has 0 unspecified atom stereocenters. The molecule has 0 bridgehead atoms. The molecule has 1 N–H and O–H groups in total. The van der Waals surface area contributed by atoms with Gasteiger partial charge in [0, 0.05) is 7.11 Å². The molecule has 8 heteroatoms. The summed E-state index contributed by atoms with van der Waals surface area (Å²) in [5.74, 6) is -1.05. The molecule has 0 aliphatic carbocycles. The van der Waals surface area contributed by atoms with Gasteiger partial charge in [-0.1, -0.05) is 0 Å². The van der Waals surface area contributed by atoms with Crippen molar-refractivity contribution < 1.29 is 38.3 Å². The molecular weight excluding hydrogens is 224 g/mol. The van der Waals surface area contributed by atoms with Crippen LogP contribution < -0.4 is 0 Å². The Kier molecular flexibility index (Phi) is 11.7. The van der Waals surface area contributed by atoms with Crippen molar-refractivity contribution in [1.82, 2.24) is 0 Å². The van der Waals surface area contributed by atoms with Crippen LogP contribution >= 0.6 is 0 Å². The molecule has 0 aromatic rings. The van der Waals surface area contributed by atoms with Gasteiger partial charge in [-0.25, -0.2) is 4.79 Å². The molecule has 0 aromatic heterocycles. The molecule has 96 valence electrons. The second-order valence-corrected chi connectivity index (χ2v) is 2.44. The Morgan fingerprint density at radius 2 is 1.31 bits per heavy atom. The smallest absolute Gasteiger partial charge is 0.329 e. The van der Waals surface area contributed by atoms with Crippen LogP contribution in [0.5, 0.6) is 0 Å². The lowest BCUT2D eigenvalue weighted by molar-refractivity contribution is -0.204. The van der Waals surface area contributed by atoms with Gasteiger partial charge in [-0.2, -0.15) is 0 Å². The molecule has 8 nitrogen and oxygen atoms in total. The first kappa shape index (κ1) is 15.2. The van der Waals surface area contributed by atoms with Gasteiger partial charge in [0.25, 0.3) is 0 Å². The first-order chi connectivity index (χ1) is 7.77. The summed E-state index contributed by atoms with van der Waals surface area (Å²) in [5.41, 5.74) is 0. The summed E-state index contributed by atoms with van der Waals surface area (Å²) >= 11 is 0. The quantitative estimate of drug-likeness (QED) is 0.363. The monoisotopic (exact) mass is 240 g/mol. The van der Waals surface area contributed by atoms with Crippen LogP contribution in [-0.2, 0) is 33.2 Å². The van der Waals surface area contributed by atoms with Gasteiger partial charge in [-0.05, 0) is 0 Å². The molecule has 16 heavy (non-hydrogen) atoms. The van der Waals surface area contributed by atoms with Crippen molar-refractivity contribution in [1.29, 1.82) is 0 Å². The third kappa shape index (κ3) is 13.2. The largest absolute Gasteiger partial charge is 0.480 e. The predicted molar refractivity (Wildman–Crippen MR) is 49.3 cm³/mol. The molecule has 0 spiro atoms. The van der Waals surface area contributed by atoms with E-state index < -0.39 is 12.6 Å². The molecule has 0 atom stereocenters. The molecular formula is C8H16O8. The number of hydrogen-bond donors (Lipinski definition) is 1. The minimum Gasteiger partial charge on any atom is -0.480 e. The van der Waals surface area contributed by atoms with Crippen LogP contribution in [0.4, 0.5) is 0 Å². The molecule has 0 amide bonds. The van der Waals surface area contributed by atoms with E-state index >= 15 is 0 Å². The van der Waals surface area contributed by atoms with Crippen LogP contribution in [-0.4, -0.2) is 58.8 Å². The first-order valence-corrected chi connectivity index (χ1v) is 4.36. The van der Waals surface area contributed by atoms with Gasteiger partial charge in [0.2, 0.25) is 0 Å². The van der Waals surface area contributed by atoms with Crippen molar-refractivity contribution in [2.24, 2.45) is 0 Å². The lowest BCUT2D eigenvalue weighted by atomic mass is 10.8. The fourth-order valence-electron chi connectivity index (χ4n) is 0.584. The lowest BCUT2D eigenvalue weighted by Crippen LogP contribution is -2.12. The van der Waals surface area contributed by atoms with Crippen molar-refractivity contribution in [3.63, 3.8) is 0 Å². The maximum absolute atomic E-state index is 10.0. The van der Waals surface area contributed by atoms with Crippen molar-refractivity contribution in [3.8, 4) is 0 Å². The standard InChI is InChI=1S/C8H16O8/c1-11-3-13-5-15-7-16-6-14-4-12-2-8(9)10/h2-7H2,1H3,(H,9,10). The third-order valence-corrected chi connectivity index (χ3v) is 1.09. The number of rotatable bonds is 12. The minimum absolute atomic E-state index is 0.00262. The summed E-state index contributed by atoms with van der Waals surface area (Å²) in [6.07, 6.45) is 0. The van der Waals surface area contributed by atoms with Crippen LogP contribution in [0.3, 0.4) is 0 Å². The molecule has 0 radical (unpaired) electrons. The Morgan fingerprint density at radius 1 is 0.875 bits per heavy atom. The zero-order valence-electron chi connectivity index (χ0n) is 9.05. The fourth-order valence-corrected chi connectivity index (χ4v) is 0.584. The van der Waals surface area contributed by atoms with Gasteiger partial charge in [0.1, 0.15) is 20.2 Å². The lowest BCUT2D eigenvalue weighted by Gasteiger charge is -2.06. The second-order valence-electron chi connectivity index (χ2n) is 2.44. The SMILES string of the molecule is COCOCOCOCOCOCC(=O)O. The van der Waals surface area contributed by atoms with Gasteiger partial charge in [0.05, 0.1) is 0 Å². The van der Waals surface area contributed by atoms with Crippen LogP contribution in [0.1, 0.15) is 0 Å². The molecule has 0 aliphatic rings. The number of hydrogen-bond acceptors (Lipinski definition) is 7. The van der Waals surface area contributed by atoms with Crippen molar-refractivity contribution in [2.75, 3.05) is 47.7 Å². The van der Waals surface area contributed by atoms with Gasteiger partial charge >= 0.3 is 5.97 Å². The Hall–Kier alpha value is -0.770. The fraction of sp³-hybridized carbons (Fsp3) is 0.875. The highest BCUT2D eigenvalue weighted by atomic mass is 16.8. The number of carboxylic acid groups (broad SMARTS) is 1. The average Bonchev–Trinajstić information content (AvgIpc) is 2.25. The predicted octanol–water partition coefficient (Wildman–Crippen LogP) is -0.412. The number of aliphatic carboxylic acids is 1. The van der Waals surface area contributed by atoms with Crippen molar-refractivity contribution >= 4 is 5.97 Å². The number of carboxylic acids is 1. The van der Waals surface area contributed by atoms with Crippen LogP contribution in [0, 0.1) is 0 Å². The highest BCUT2D eigenvalue weighted by Gasteiger charge is 1.95. The minimum atomic E-state index is -1.05. The Balaban J connectivity index is 2.90. The van der Waals surface area contributed by atoms with Gasteiger partial charge in [-0.15, -0.1) is 0 Å². The summed E-state index contributed by atoms with van der Waals surface area (Å²) < 4.78 is 28.4. The van der Waals surface area contributed by atoms with E-state index in [1.54, 1.807) is 0 Å². The van der Waals surface area contributed by atoms with E-state index in [1.165, 1.54) is 7.11 Å². The molecule has 0 rings (SSSR count). The third-order valence-electron chi connectivity index (χ3n) is 1.09. The van der Waals surface area contributed by atoms with E-state index in [0.717, 1.165) is 0 Å². The molecule has 0 heterocycles. The molecule has 0 aromatic carbocycles.